The molecule has 1 saturated heterocycles. The maximum Gasteiger partial charge on any atom is 0.147 e. The molecule has 4 heteroatoms. The average molecular weight is 234 g/mol. The third-order valence-electron chi connectivity index (χ3n) is 3.04. The van der Waals surface area contributed by atoms with Crippen LogP contribution in [0.3, 0.4) is 0 Å². The first-order valence-electron chi connectivity index (χ1n) is 5.69. The SMILES string of the molecule is CN(CC1CCOC1)c1ccc(C#N)cc1F. The van der Waals surface area contributed by atoms with E-state index in [1.807, 2.05) is 18.0 Å². The van der Waals surface area contributed by atoms with Crippen molar-refractivity contribution in [3.63, 3.8) is 0 Å². The summed E-state index contributed by atoms with van der Waals surface area (Å²) in [6, 6.07) is 6.50. The molecular formula is C13H15FN2O. The van der Waals surface area contributed by atoms with Crippen LogP contribution in [-0.4, -0.2) is 26.8 Å². The number of nitrogens with zero attached hydrogens (tertiary/aromatic N) is 2. The van der Waals surface area contributed by atoms with Gasteiger partial charge in [0, 0.05) is 26.1 Å². The van der Waals surface area contributed by atoms with Crippen molar-refractivity contribution in [3.8, 4) is 6.07 Å². The summed E-state index contributed by atoms with van der Waals surface area (Å²) >= 11 is 0. The van der Waals surface area contributed by atoms with E-state index >= 15 is 0 Å². The van der Waals surface area contributed by atoms with Crippen LogP contribution >= 0.6 is 0 Å². The largest absolute Gasteiger partial charge is 0.381 e. The first-order chi connectivity index (χ1) is 8.20. The van der Waals surface area contributed by atoms with E-state index in [0.29, 0.717) is 17.2 Å². The first-order valence-corrected chi connectivity index (χ1v) is 5.69. The monoisotopic (exact) mass is 234 g/mol. The summed E-state index contributed by atoms with van der Waals surface area (Å²) in [4.78, 5) is 1.88. The van der Waals surface area contributed by atoms with E-state index in [1.54, 1.807) is 12.1 Å². The topological polar surface area (TPSA) is 36.3 Å². The third kappa shape index (κ3) is 2.75. The van der Waals surface area contributed by atoms with Gasteiger partial charge < -0.3 is 9.64 Å². The minimum Gasteiger partial charge on any atom is -0.381 e. The molecule has 90 valence electrons. The van der Waals surface area contributed by atoms with Crippen molar-refractivity contribution >= 4 is 5.69 Å². The Labute approximate surface area is 100 Å². The zero-order valence-electron chi connectivity index (χ0n) is 9.82. The fourth-order valence-electron chi connectivity index (χ4n) is 2.10. The molecule has 1 aliphatic rings. The summed E-state index contributed by atoms with van der Waals surface area (Å²) in [6.45, 7) is 2.33. The van der Waals surface area contributed by atoms with Crippen molar-refractivity contribution in [2.75, 3.05) is 31.7 Å². The van der Waals surface area contributed by atoms with Gasteiger partial charge in [-0.3, -0.25) is 0 Å². The van der Waals surface area contributed by atoms with Crippen molar-refractivity contribution in [2.24, 2.45) is 5.92 Å². The smallest absolute Gasteiger partial charge is 0.147 e. The van der Waals surface area contributed by atoms with E-state index in [-0.39, 0.29) is 5.82 Å². The Kier molecular flexibility index (Phi) is 3.60. The molecule has 3 nitrogen and oxygen atoms in total. The number of ether oxygens (including phenoxy) is 1. The molecule has 1 atom stereocenters. The van der Waals surface area contributed by atoms with Crippen LogP contribution in [0.1, 0.15) is 12.0 Å². The normalized spacial score (nSPS) is 19.0. The zero-order valence-corrected chi connectivity index (χ0v) is 9.82. The van der Waals surface area contributed by atoms with Gasteiger partial charge in [0.25, 0.3) is 0 Å². The molecule has 1 unspecified atom stereocenters. The highest BCUT2D eigenvalue weighted by atomic mass is 19.1. The predicted octanol–water partition coefficient (Wildman–Crippen LogP) is 2.17. The molecule has 1 heterocycles. The van der Waals surface area contributed by atoms with Crippen molar-refractivity contribution in [2.45, 2.75) is 6.42 Å². The van der Waals surface area contributed by atoms with Crippen molar-refractivity contribution in [1.29, 1.82) is 5.26 Å². The van der Waals surface area contributed by atoms with Crippen LogP contribution in [-0.2, 0) is 4.74 Å². The number of benzene rings is 1. The molecule has 1 aliphatic heterocycles. The van der Waals surface area contributed by atoms with Crippen molar-refractivity contribution < 1.29 is 9.13 Å². The van der Waals surface area contributed by atoms with Crippen LogP contribution in [0.2, 0.25) is 0 Å². The van der Waals surface area contributed by atoms with Gasteiger partial charge in [0.05, 0.1) is 23.9 Å². The van der Waals surface area contributed by atoms with Crippen LogP contribution in [0.15, 0.2) is 18.2 Å². The summed E-state index contributed by atoms with van der Waals surface area (Å²) < 4.78 is 19.0. The Balaban J connectivity index is 2.08. The van der Waals surface area contributed by atoms with Crippen LogP contribution < -0.4 is 4.90 Å². The van der Waals surface area contributed by atoms with E-state index < -0.39 is 0 Å². The van der Waals surface area contributed by atoms with E-state index in [1.165, 1.54) is 6.07 Å². The number of anilines is 1. The van der Waals surface area contributed by atoms with Crippen molar-refractivity contribution in [1.82, 2.24) is 0 Å². The molecule has 0 spiro atoms. The van der Waals surface area contributed by atoms with E-state index in [0.717, 1.165) is 26.2 Å². The lowest BCUT2D eigenvalue weighted by Crippen LogP contribution is -2.26. The minimum absolute atomic E-state index is 0.342. The van der Waals surface area contributed by atoms with E-state index in [2.05, 4.69) is 0 Å². The average Bonchev–Trinajstić information content (AvgIpc) is 2.81. The zero-order chi connectivity index (χ0) is 12.3. The lowest BCUT2D eigenvalue weighted by molar-refractivity contribution is 0.186. The highest BCUT2D eigenvalue weighted by Crippen LogP contribution is 2.22. The number of nitriles is 1. The van der Waals surface area contributed by atoms with Crippen LogP contribution in [0.4, 0.5) is 10.1 Å². The highest BCUT2D eigenvalue weighted by Gasteiger charge is 2.19. The predicted molar refractivity (Wildman–Crippen MR) is 63.3 cm³/mol. The lowest BCUT2D eigenvalue weighted by Gasteiger charge is -2.22. The molecule has 0 amide bonds. The fourth-order valence-corrected chi connectivity index (χ4v) is 2.10. The number of hydrogen-bond acceptors (Lipinski definition) is 3. The lowest BCUT2D eigenvalue weighted by atomic mass is 10.1. The fraction of sp³-hybridized carbons (Fsp3) is 0.462. The Morgan fingerprint density at radius 1 is 1.59 bits per heavy atom. The molecule has 0 aromatic heterocycles. The van der Waals surface area contributed by atoms with Gasteiger partial charge in [-0.1, -0.05) is 0 Å². The van der Waals surface area contributed by atoms with Gasteiger partial charge in [-0.15, -0.1) is 0 Å². The second-order valence-corrected chi connectivity index (χ2v) is 4.39. The Hall–Kier alpha value is -1.60. The van der Waals surface area contributed by atoms with Gasteiger partial charge in [0.2, 0.25) is 0 Å². The van der Waals surface area contributed by atoms with Gasteiger partial charge in [0.15, 0.2) is 0 Å². The molecule has 2 rings (SSSR count). The highest BCUT2D eigenvalue weighted by molar-refractivity contribution is 5.50. The van der Waals surface area contributed by atoms with Gasteiger partial charge >= 0.3 is 0 Å². The van der Waals surface area contributed by atoms with Gasteiger partial charge in [0.1, 0.15) is 5.82 Å². The molecule has 17 heavy (non-hydrogen) atoms. The standard InChI is InChI=1S/C13H15FN2O/c1-16(8-11-4-5-17-9-11)13-3-2-10(7-15)6-12(13)14/h2-3,6,11H,4-5,8-9H2,1H3. The van der Waals surface area contributed by atoms with Gasteiger partial charge in [-0.2, -0.15) is 5.26 Å². The second-order valence-electron chi connectivity index (χ2n) is 4.39. The molecule has 1 aromatic rings. The van der Waals surface area contributed by atoms with Crippen LogP contribution in [0.5, 0.6) is 0 Å². The maximum absolute atomic E-state index is 13.7. The number of hydrogen-bond donors (Lipinski definition) is 0. The van der Waals surface area contributed by atoms with Gasteiger partial charge in [-0.25, -0.2) is 4.39 Å². The summed E-state index contributed by atoms with van der Waals surface area (Å²) in [5.74, 6) is 0.125. The molecule has 0 aliphatic carbocycles. The molecule has 0 saturated carbocycles. The summed E-state index contributed by atoms with van der Waals surface area (Å²) in [5, 5.41) is 8.67. The summed E-state index contributed by atoms with van der Waals surface area (Å²) in [7, 11) is 1.86. The minimum atomic E-state index is -0.342. The van der Waals surface area contributed by atoms with E-state index in [4.69, 9.17) is 10.00 Å². The van der Waals surface area contributed by atoms with E-state index in [9.17, 15) is 4.39 Å². The van der Waals surface area contributed by atoms with Crippen molar-refractivity contribution in [3.05, 3.63) is 29.6 Å². The molecule has 0 radical (unpaired) electrons. The first kappa shape index (κ1) is 11.9. The quantitative estimate of drug-likeness (QED) is 0.804. The molecule has 0 bridgehead atoms. The van der Waals surface area contributed by atoms with Gasteiger partial charge in [-0.05, 0) is 24.6 Å². The summed E-state index contributed by atoms with van der Waals surface area (Å²) in [6.07, 6.45) is 1.03. The Bertz CT molecular complexity index is 436. The molecular weight excluding hydrogens is 219 g/mol. The molecule has 1 aromatic carbocycles. The third-order valence-corrected chi connectivity index (χ3v) is 3.04. The molecule has 0 N–H and O–H groups in total. The van der Waals surface area contributed by atoms with Crippen LogP contribution in [0.25, 0.3) is 0 Å². The van der Waals surface area contributed by atoms with Crippen LogP contribution in [0, 0.1) is 23.1 Å². The maximum atomic E-state index is 13.7. The number of rotatable bonds is 3. The number of halogens is 1. The second kappa shape index (κ2) is 5.15. The Morgan fingerprint density at radius 2 is 2.41 bits per heavy atom. The Morgan fingerprint density at radius 3 is 3.00 bits per heavy atom. The summed E-state index contributed by atoms with van der Waals surface area (Å²) in [5.41, 5.74) is 0.889. The molecule has 1 fully saturated rings.